The minimum absolute atomic E-state index is 0.0630. The van der Waals surface area contributed by atoms with Crippen LogP contribution in [0.5, 0.6) is 5.75 Å². The first-order valence-electron chi connectivity index (χ1n) is 6.03. The molecule has 0 aliphatic carbocycles. The summed E-state index contributed by atoms with van der Waals surface area (Å²) in [4.78, 5) is 0. The van der Waals surface area contributed by atoms with Crippen LogP contribution in [-0.4, -0.2) is 17.6 Å². The van der Waals surface area contributed by atoms with Gasteiger partial charge in [0, 0.05) is 29.0 Å². The third-order valence-corrected chi connectivity index (χ3v) is 5.05. The van der Waals surface area contributed by atoms with Crippen LogP contribution in [0.1, 0.15) is 24.4 Å². The van der Waals surface area contributed by atoms with Crippen LogP contribution in [0, 0.1) is 5.92 Å². The number of hydrogen-bond donors (Lipinski definition) is 1. The van der Waals surface area contributed by atoms with Gasteiger partial charge in [-0.25, -0.2) is 0 Å². The molecule has 0 amide bonds. The lowest BCUT2D eigenvalue weighted by atomic mass is 9.90. The first-order valence-corrected chi connectivity index (χ1v) is 7.57. The average molecular weight is 270 g/mol. The number of nitrogens with two attached hydrogens (primary N) is 1. The van der Waals surface area contributed by atoms with Crippen LogP contribution in [0.25, 0.3) is 0 Å². The topological polar surface area (TPSA) is 35.2 Å². The molecule has 0 radical (unpaired) electrons. The van der Waals surface area contributed by atoms with Crippen molar-refractivity contribution in [1.29, 1.82) is 0 Å². The molecule has 2 aliphatic rings. The Morgan fingerprint density at radius 2 is 2.29 bits per heavy atom. The summed E-state index contributed by atoms with van der Waals surface area (Å²) in [7, 11) is 0. The Morgan fingerprint density at radius 1 is 1.41 bits per heavy atom. The summed E-state index contributed by atoms with van der Waals surface area (Å²) in [6.07, 6.45) is 2.46. The SMILES string of the molecule is N[C@H]1CC(C2CCSC2)Oc2ccc(Cl)cc21. The van der Waals surface area contributed by atoms with E-state index in [0.717, 1.165) is 22.8 Å². The lowest BCUT2D eigenvalue weighted by Gasteiger charge is -2.33. The van der Waals surface area contributed by atoms with Gasteiger partial charge < -0.3 is 10.5 Å². The smallest absolute Gasteiger partial charge is 0.124 e. The molecule has 92 valence electrons. The average Bonchev–Trinajstić information content (AvgIpc) is 2.83. The molecule has 2 unspecified atom stereocenters. The molecule has 2 N–H and O–H groups in total. The Labute approximate surface area is 111 Å². The van der Waals surface area contributed by atoms with E-state index in [1.165, 1.54) is 17.9 Å². The number of ether oxygens (including phenoxy) is 1. The van der Waals surface area contributed by atoms with Crippen LogP contribution in [-0.2, 0) is 0 Å². The monoisotopic (exact) mass is 269 g/mol. The first-order chi connectivity index (χ1) is 8.24. The fourth-order valence-corrected chi connectivity index (χ4v) is 4.14. The van der Waals surface area contributed by atoms with E-state index in [1.54, 1.807) is 0 Å². The van der Waals surface area contributed by atoms with E-state index < -0.39 is 0 Å². The van der Waals surface area contributed by atoms with Crippen molar-refractivity contribution in [3.8, 4) is 5.75 Å². The number of halogens is 1. The van der Waals surface area contributed by atoms with Crippen LogP contribution < -0.4 is 10.5 Å². The zero-order valence-corrected chi connectivity index (χ0v) is 11.1. The quantitative estimate of drug-likeness (QED) is 0.850. The fraction of sp³-hybridized carbons (Fsp3) is 0.538. The number of benzene rings is 1. The molecular weight excluding hydrogens is 254 g/mol. The zero-order chi connectivity index (χ0) is 11.8. The minimum Gasteiger partial charge on any atom is -0.490 e. The zero-order valence-electron chi connectivity index (χ0n) is 9.56. The highest BCUT2D eigenvalue weighted by atomic mass is 35.5. The van der Waals surface area contributed by atoms with E-state index in [-0.39, 0.29) is 12.1 Å². The Morgan fingerprint density at radius 3 is 3.06 bits per heavy atom. The van der Waals surface area contributed by atoms with Crippen molar-refractivity contribution in [2.24, 2.45) is 11.7 Å². The van der Waals surface area contributed by atoms with Crippen molar-refractivity contribution < 1.29 is 4.74 Å². The van der Waals surface area contributed by atoms with Crippen LogP contribution >= 0.6 is 23.4 Å². The summed E-state index contributed by atoms with van der Waals surface area (Å²) in [5, 5.41) is 0.734. The molecule has 1 saturated heterocycles. The Bertz CT molecular complexity index is 420. The number of hydrogen-bond acceptors (Lipinski definition) is 3. The molecular formula is C13H16ClNOS. The van der Waals surface area contributed by atoms with Crippen molar-refractivity contribution in [3.05, 3.63) is 28.8 Å². The first kappa shape index (κ1) is 11.7. The van der Waals surface area contributed by atoms with Gasteiger partial charge in [-0.05, 0) is 36.1 Å². The Balaban J connectivity index is 1.84. The van der Waals surface area contributed by atoms with Gasteiger partial charge in [0.25, 0.3) is 0 Å². The Hall–Kier alpha value is -0.380. The van der Waals surface area contributed by atoms with Gasteiger partial charge in [-0.3, -0.25) is 0 Å². The van der Waals surface area contributed by atoms with Gasteiger partial charge >= 0.3 is 0 Å². The molecule has 3 rings (SSSR count). The number of fused-ring (bicyclic) bond motifs is 1. The normalized spacial score (nSPS) is 32.0. The number of thioether (sulfide) groups is 1. The molecule has 1 aromatic carbocycles. The lowest BCUT2D eigenvalue weighted by molar-refractivity contribution is 0.110. The van der Waals surface area contributed by atoms with E-state index in [9.17, 15) is 0 Å². The summed E-state index contributed by atoms with van der Waals surface area (Å²) >= 11 is 8.01. The summed E-state index contributed by atoms with van der Waals surface area (Å²) < 4.78 is 6.09. The van der Waals surface area contributed by atoms with Crippen molar-refractivity contribution in [2.45, 2.75) is 25.0 Å². The summed E-state index contributed by atoms with van der Waals surface area (Å²) in [6.45, 7) is 0. The minimum atomic E-state index is 0.0630. The van der Waals surface area contributed by atoms with Gasteiger partial charge in [-0.2, -0.15) is 11.8 Å². The second-order valence-electron chi connectivity index (χ2n) is 4.80. The highest BCUT2D eigenvalue weighted by Crippen LogP contribution is 2.40. The van der Waals surface area contributed by atoms with Crippen molar-refractivity contribution >= 4 is 23.4 Å². The van der Waals surface area contributed by atoms with E-state index >= 15 is 0 Å². The Kier molecular flexibility index (Phi) is 3.24. The summed E-state index contributed by atoms with van der Waals surface area (Å²) in [5.74, 6) is 4.05. The van der Waals surface area contributed by atoms with Crippen LogP contribution in [0.15, 0.2) is 18.2 Å². The molecule has 3 atom stereocenters. The van der Waals surface area contributed by atoms with Crippen molar-refractivity contribution in [3.63, 3.8) is 0 Å². The molecule has 1 fully saturated rings. The predicted octanol–water partition coefficient (Wildman–Crippen LogP) is 3.24. The van der Waals surface area contributed by atoms with Crippen LogP contribution in [0.3, 0.4) is 0 Å². The van der Waals surface area contributed by atoms with Gasteiger partial charge in [0.15, 0.2) is 0 Å². The van der Waals surface area contributed by atoms with E-state index in [4.69, 9.17) is 22.1 Å². The van der Waals surface area contributed by atoms with Gasteiger partial charge in [0.05, 0.1) is 0 Å². The highest BCUT2D eigenvalue weighted by molar-refractivity contribution is 7.99. The maximum Gasteiger partial charge on any atom is 0.124 e. The molecule has 1 aromatic rings. The molecule has 0 aromatic heterocycles. The van der Waals surface area contributed by atoms with E-state index in [2.05, 4.69) is 0 Å². The molecule has 0 spiro atoms. The van der Waals surface area contributed by atoms with Gasteiger partial charge in [0.1, 0.15) is 11.9 Å². The summed E-state index contributed by atoms with van der Waals surface area (Å²) in [5.41, 5.74) is 7.28. The molecule has 2 nitrogen and oxygen atoms in total. The van der Waals surface area contributed by atoms with Crippen molar-refractivity contribution in [2.75, 3.05) is 11.5 Å². The second-order valence-corrected chi connectivity index (χ2v) is 6.39. The molecule has 2 heterocycles. The third-order valence-electron chi connectivity index (χ3n) is 3.63. The molecule has 17 heavy (non-hydrogen) atoms. The van der Waals surface area contributed by atoms with Crippen LogP contribution in [0.2, 0.25) is 5.02 Å². The van der Waals surface area contributed by atoms with Gasteiger partial charge in [0.2, 0.25) is 0 Å². The highest BCUT2D eigenvalue weighted by Gasteiger charge is 2.33. The third kappa shape index (κ3) is 2.28. The maximum absolute atomic E-state index is 6.23. The lowest BCUT2D eigenvalue weighted by Crippen LogP contribution is -2.35. The van der Waals surface area contributed by atoms with Crippen LogP contribution in [0.4, 0.5) is 0 Å². The molecule has 0 saturated carbocycles. The fourth-order valence-electron chi connectivity index (χ4n) is 2.64. The summed E-state index contributed by atoms with van der Waals surface area (Å²) in [6, 6.07) is 5.82. The maximum atomic E-state index is 6.23. The molecule has 4 heteroatoms. The van der Waals surface area contributed by atoms with Gasteiger partial charge in [-0.1, -0.05) is 11.6 Å². The van der Waals surface area contributed by atoms with Crippen molar-refractivity contribution in [1.82, 2.24) is 0 Å². The van der Waals surface area contributed by atoms with E-state index in [1.807, 2.05) is 30.0 Å². The largest absolute Gasteiger partial charge is 0.490 e. The second kappa shape index (κ2) is 4.71. The van der Waals surface area contributed by atoms with E-state index in [0.29, 0.717) is 5.92 Å². The molecule has 2 aliphatic heterocycles. The standard InChI is InChI=1S/C13H16ClNOS/c14-9-1-2-12-10(5-9)11(15)6-13(16-12)8-3-4-17-7-8/h1-2,5,8,11,13H,3-4,6-7,15H2/t8?,11-,13?/m0/s1. The van der Waals surface area contributed by atoms with Gasteiger partial charge in [-0.15, -0.1) is 0 Å². The predicted molar refractivity (Wildman–Crippen MR) is 72.8 cm³/mol. The molecule has 0 bridgehead atoms. The number of rotatable bonds is 1.